The summed E-state index contributed by atoms with van der Waals surface area (Å²) in [7, 11) is -0.579. The van der Waals surface area contributed by atoms with Crippen LogP contribution in [0.3, 0.4) is 0 Å². The second-order valence-corrected chi connectivity index (χ2v) is 11.8. The summed E-state index contributed by atoms with van der Waals surface area (Å²) < 4.78 is 18.5. The van der Waals surface area contributed by atoms with Crippen LogP contribution in [0.1, 0.15) is 67.0 Å². The molecule has 1 saturated heterocycles. The third-order valence-corrected chi connectivity index (χ3v) is 8.56. The lowest BCUT2D eigenvalue weighted by Crippen LogP contribution is -2.41. The molecule has 202 valence electrons. The molecule has 39 heavy (non-hydrogen) atoms. The standard InChI is InChI=1S/C33H38BNO4/c1-21-16-23(3)24(17-22(21)2)18-25(34-38-32(4,5)33(6,7)39-34)19-35-31(36)37-20-30-28-14-10-8-12-26(28)27-13-9-11-15-29(27)30/h8-18,30H,19-20H2,1-7H3,(H,35,36). The van der Waals surface area contributed by atoms with Crippen molar-refractivity contribution in [1.29, 1.82) is 0 Å². The number of hydrogen-bond acceptors (Lipinski definition) is 4. The molecule has 0 radical (unpaired) electrons. The number of rotatable bonds is 6. The third-order valence-electron chi connectivity index (χ3n) is 8.56. The van der Waals surface area contributed by atoms with Crippen LogP contribution in [-0.2, 0) is 14.0 Å². The Hall–Kier alpha value is -3.35. The number of amides is 1. The van der Waals surface area contributed by atoms with Crippen molar-refractivity contribution < 1.29 is 18.8 Å². The Kier molecular flexibility index (Phi) is 7.21. The smallest absolute Gasteiger partial charge is 0.449 e. The predicted molar refractivity (Wildman–Crippen MR) is 158 cm³/mol. The van der Waals surface area contributed by atoms with Crippen molar-refractivity contribution in [3.05, 3.63) is 99.5 Å². The van der Waals surface area contributed by atoms with Crippen LogP contribution in [0.4, 0.5) is 4.79 Å². The Balaban J connectivity index is 1.33. The van der Waals surface area contributed by atoms with E-state index in [0.717, 1.165) is 16.6 Å². The van der Waals surface area contributed by atoms with Gasteiger partial charge in [-0.25, -0.2) is 4.79 Å². The van der Waals surface area contributed by atoms with Gasteiger partial charge in [0.1, 0.15) is 6.61 Å². The minimum absolute atomic E-state index is 0.0134. The van der Waals surface area contributed by atoms with Gasteiger partial charge in [-0.05, 0) is 98.4 Å². The van der Waals surface area contributed by atoms with Gasteiger partial charge >= 0.3 is 13.2 Å². The van der Waals surface area contributed by atoms with Crippen LogP contribution < -0.4 is 5.32 Å². The SMILES string of the molecule is Cc1cc(C)c(C=C(CNC(=O)OCC2c3ccccc3-c3ccccc32)B2OC(C)(C)C(C)(C)O2)cc1C. The Labute approximate surface area is 232 Å². The molecule has 6 heteroatoms. The van der Waals surface area contributed by atoms with Crippen molar-refractivity contribution in [3.8, 4) is 11.1 Å². The second kappa shape index (κ2) is 10.3. The Morgan fingerprint density at radius 1 is 0.872 bits per heavy atom. The molecule has 1 aliphatic heterocycles. The summed E-state index contributed by atoms with van der Waals surface area (Å²) in [4.78, 5) is 13.0. The van der Waals surface area contributed by atoms with Crippen LogP contribution in [-0.4, -0.2) is 37.6 Å². The molecule has 0 unspecified atom stereocenters. The Morgan fingerprint density at radius 3 is 2.00 bits per heavy atom. The maximum Gasteiger partial charge on any atom is 0.492 e. The lowest BCUT2D eigenvalue weighted by molar-refractivity contribution is 0.00578. The first-order chi connectivity index (χ1) is 18.5. The summed E-state index contributed by atoms with van der Waals surface area (Å²) in [6.45, 7) is 15.0. The molecule has 1 N–H and O–H groups in total. The van der Waals surface area contributed by atoms with Gasteiger partial charge in [0.05, 0.1) is 11.2 Å². The van der Waals surface area contributed by atoms with E-state index in [4.69, 9.17) is 14.0 Å². The Morgan fingerprint density at radius 2 is 1.41 bits per heavy atom. The van der Waals surface area contributed by atoms with E-state index in [0.29, 0.717) is 0 Å². The van der Waals surface area contributed by atoms with E-state index in [1.54, 1.807) is 0 Å². The Bertz CT molecular complexity index is 1380. The maximum absolute atomic E-state index is 13.0. The van der Waals surface area contributed by atoms with E-state index < -0.39 is 24.4 Å². The van der Waals surface area contributed by atoms with Gasteiger partial charge in [0.25, 0.3) is 0 Å². The summed E-state index contributed by atoms with van der Waals surface area (Å²) in [6, 6.07) is 21.0. The first kappa shape index (κ1) is 27.2. The summed E-state index contributed by atoms with van der Waals surface area (Å²) in [5, 5.41) is 2.96. The van der Waals surface area contributed by atoms with Crippen LogP contribution in [0, 0.1) is 20.8 Å². The fourth-order valence-electron chi connectivity index (χ4n) is 5.36. The van der Waals surface area contributed by atoms with Crippen molar-refractivity contribution in [2.75, 3.05) is 13.2 Å². The van der Waals surface area contributed by atoms with Gasteiger partial charge in [-0.15, -0.1) is 0 Å². The molecule has 2 aliphatic rings. The minimum Gasteiger partial charge on any atom is -0.449 e. The van der Waals surface area contributed by atoms with Gasteiger partial charge in [-0.2, -0.15) is 0 Å². The number of benzene rings is 3. The number of nitrogens with one attached hydrogen (secondary N) is 1. The number of ether oxygens (including phenoxy) is 1. The van der Waals surface area contributed by atoms with Gasteiger partial charge < -0.3 is 19.4 Å². The molecule has 3 aromatic rings. The normalized spacial score (nSPS) is 17.6. The number of carbonyl (C=O) groups is 1. The molecule has 1 heterocycles. The molecule has 0 saturated carbocycles. The molecule has 1 amide bonds. The summed E-state index contributed by atoms with van der Waals surface area (Å²) in [5.41, 5.74) is 9.36. The summed E-state index contributed by atoms with van der Waals surface area (Å²) in [5.74, 6) is 0.0134. The monoisotopic (exact) mass is 523 g/mol. The highest BCUT2D eigenvalue weighted by molar-refractivity contribution is 6.56. The average molecular weight is 523 g/mol. The van der Waals surface area contributed by atoms with E-state index in [1.807, 2.05) is 52.0 Å². The quantitative estimate of drug-likeness (QED) is 0.348. The van der Waals surface area contributed by atoms with Gasteiger partial charge in [0.15, 0.2) is 0 Å². The van der Waals surface area contributed by atoms with Crippen molar-refractivity contribution in [2.24, 2.45) is 0 Å². The van der Waals surface area contributed by atoms with Crippen molar-refractivity contribution >= 4 is 19.3 Å². The molecule has 5 rings (SSSR count). The molecule has 3 aromatic carbocycles. The van der Waals surface area contributed by atoms with Crippen LogP contribution in [0.15, 0.2) is 66.1 Å². The van der Waals surface area contributed by atoms with Crippen LogP contribution >= 0.6 is 0 Å². The topological polar surface area (TPSA) is 56.8 Å². The second-order valence-electron chi connectivity index (χ2n) is 11.8. The minimum atomic E-state index is -0.579. The molecular formula is C33H38BNO4. The highest BCUT2D eigenvalue weighted by Crippen LogP contribution is 2.44. The van der Waals surface area contributed by atoms with Gasteiger partial charge in [0, 0.05) is 12.5 Å². The highest BCUT2D eigenvalue weighted by Gasteiger charge is 2.52. The van der Waals surface area contributed by atoms with E-state index in [9.17, 15) is 4.79 Å². The number of aryl methyl sites for hydroxylation is 3. The lowest BCUT2D eigenvalue weighted by atomic mass is 9.76. The molecular weight excluding hydrogens is 485 g/mol. The zero-order valence-corrected chi connectivity index (χ0v) is 24.1. The molecule has 1 fully saturated rings. The van der Waals surface area contributed by atoms with Crippen molar-refractivity contribution in [2.45, 2.75) is 65.6 Å². The number of alkyl carbamates (subject to hydrolysis) is 1. The largest absolute Gasteiger partial charge is 0.492 e. The van der Waals surface area contributed by atoms with Crippen molar-refractivity contribution in [3.63, 3.8) is 0 Å². The molecule has 0 spiro atoms. The highest BCUT2D eigenvalue weighted by atomic mass is 16.7. The first-order valence-corrected chi connectivity index (χ1v) is 13.7. The third kappa shape index (κ3) is 5.28. The molecule has 0 bridgehead atoms. The van der Waals surface area contributed by atoms with E-state index in [-0.39, 0.29) is 19.1 Å². The molecule has 0 atom stereocenters. The number of fused-ring (bicyclic) bond motifs is 3. The van der Waals surface area contributed by atoms with Crippen LogP contribution in [0.2, 0.25) is 0 Å². The van der Waals surface area contributed by atoms with Crippen LogP contribution in [0.5, 0.6) is 0 Å². The average Bonchev–Trinajstić information content (AvgIpc) is 3.32. The molecule has 0 aromatic heterocycles. The fourth-order valence-corrected chi connectivity index (χ4v) is 5.36. The number of carbonyl (C=O) groups excluding carboxylic acids is 1. The van der Waals surface area contributed by atoms with Crippen LogP contribution in [0.25, 0.3) is 17.2 Å². The molecule has 5 nitrogen and oxygen atoms in total. The summed E-state index contributed by atoms with van der Waals surface area (Å²) >= 11 is 0. The van der Waals surface area contributed by atoms with E-state index in [1.165, 1.54) is 33.4 Å². The predicted octanol–water partition coefficient (Wildman–Crippen LogP) is 7.17. The van der Waals surface area contributed by atoms with Crippen molar-refractivity contribution in [1.82, 2.24) is 5.32 Å². The molecule has 1 aliphatic carbocycles. The van der Waals surface area contributed by atoms with Gasteiger partial charge in [-0.1, -0.05) is 66.7 Å². The lowest BCUT2D eigenvalue weighted by Gasteiger charge is -2.32. The zero-order valence-electron chi connectivity index (χ0n) is 24.1. The zero-order chi connectivity index (χ0) is 27.9. The fraction of sp³-hybridized carbons (Fsp3) is 0.364. The van der Waals surface area contributed by atoms with Gasteiger partial charge in [-0.3, -0.25) is 0 Å². The van der Waals surface area contributed by atoms with E-state index in [2.05, 4.69) is 68.6 Å². The maximum atomic E-state index is 13.0. The first-order valence-electron chi connectivity index (χ1n) is 13.7. The van der Waals surface area contributed by atoms with Gasteiger partial charge in [0.2, 0.25) is 0 Å². The number of hydrogen-bond donors (Lipinski definition) is 1. The van der Waals surface area contributed by atoms with E-state index >= 15 is 0 Å². The summed E-state index contributed by atoms with van der Waals surface area (Å²) in [6.07, 6.45) is 1.62.